The number of hydrogen-bond acceptors (Lipinski definition) is 2. The zero-order valence-electron chi connectivity index (χ0n) is 11.8. The average molecular weight is 269 g/mol. The van der Waals surface area contributed by atoms with Gasteiger partial charge in [0.2, 0.25) is 0 Å². The number of aryl methyl sites for hydroxylation is 1. The van der Waals surface area contributed by atoms with Crippen LogP contribution in [0, 0.1) is 0 Å². The Balaban J connectivity index is 2.01. The van der Waals surface area contributed by atoms with Crippen molar-refractivity contribution >= 4 is 11.6 Å². The number of rotatable bonds is 5. The molecule has 4 heteroatoms. The molecular formula is C16H19N3O. The van der Waals surface area contributed by atoms with E-state index in [9.17, 15) is 4.79 Å². The summed E-state index contributed by atoms with van der Waals surface area (Å²) in [5, 5.41) is 4.12. The SMILES string of the molecule is CCCc1ccc(/C(C)=N\NC(=O)c2ccc[nH]2)cc1. The molecule has 1 aromatic heterocycles. The maximum absolute atomic E-state index is 11.7. The zero-order valence-corrected chi connectivity index (χ0v) is 11.8. The molecule has 0 saturated carbocycles. The Kier molecular flexibility index (Phi) is 4.71. The molecule has 1 heterocycles. The van der Waals surface area contributed by atoms with Crippen molar-refractivity contribution in [3.05, 3.63) is 59.4 Å². The van der Waals surface area contributed by atoms with Crippen LogP contribution in [-0.2, 0) is 6.42 Å². The van der Waals surface area contributed by atoms with E-state index in [0.717, 1.165) is 24.1 Å². The van der Waals surface area contributed by atoms with E-state index in [1.165, 1.54) is 5.56 Å². The molecule has 2 rings (SSSR count). The average Bonchev–Trinajstić information content (AvgIpc) is 3.00. The number of aromatic nitrogens is 1. The second-order valence-electron chi connectivity index (χ2n) is 4.67. The van der Waals surface area contributed by atoms with Crippen molar-refractivity contribution < 1.29 is 4.79 Å². The molecule has 0 radical (unpaired) electrons. The van der Waals surface area contributed by atoms with Crippen molar-refractivity contribution in [1.29, 1.82) is 0 Å². The summed E-state index contributed by atoms with van der Waals surface area (Å²) >= 11 is 0. The zero-order chi connectivity index (χ0) is 14.4. The van der Waals surface area contributed by atoms with E-state index in [4.69, 9.17) is 0 Å². The maximum Gasteiger partial charge on any atom is 0.287 e. The smallest absolute Gasteiger partial charge is 0.287 e. The lowest BCUT2D eigenvalue weighted by atomic mass is 10.1. The summed E-state index contributed by atoms with van der Waals surface area (Å²) < 4.78 is 0. The van der Waals surface area contributed by atoms with E-state index < -0.39 is 0 Å². The summed E-state index contributed by atoms with van der Waals surface area (Å²) in [5.74, 6) is -0.239. The van der Waals surface area contributed by atoms with E-state index >= 15 is 0 Å². The van der Waals surface area contributed by atoms with Crippen LogP contribution < -0.4 is 5.43 Å². The van der Waals surface area contributed by atoms with Crippen LogP contribution in [0.15, 0.2) is 47.7 Å². The van der Waals surface area contributed by atoms with Gasteiger partial charge in [0, 0.05) is 6.20 Å². The Morgan fingerprint density at radius 1 is 1.25 bits per heavy atom. The predicted molar refractivity (Wildman–Crippen MR) is 80.9 cm³/mol. The standard InChI is InChI=1S/C16H19N3O/c1-3-5-13-7-9-14(10-8-13)12(2)18-19-16(20)15-6-4-11-17-15/h4,6-11,17H,3,5H2,1-2H3,(H,19,20)/b18-12-. The Bertz CT molecular complexity index is 583. The number of carbonyl (C=O) groups excluding carboxylic acids is 1. The summed E-state index contributed by atoms with van der Waals surface area (Å²) in [5.41, 5.74) is 6.16. The molecule has 104 valence electrons. The third-order valence-corrected chi connectivity index (χ3v) is 3.08. The Morgan fingerprint density at radius 2 is 2.00 bits per heavy atom. The fourth-order valence-corrected chi connectivity index (χ4v) is 1.93. The molecule has 2 aromatic rings. The Hall–Kier alpha value is -2.36. The van der Waals surface area contributed by atoms with E-state index in [1.54, 1.807) is 18.3 Å². The molecule has 0 aliphatic rings. The van der Waals surface area contributed by atoms with Crippen molar-refractivity contribution in [3.63, 3.8) is 0 Å². The van der Waals surface area contributed by atoms with Crippen LogP contribution in [0.3, 0.4) is 0 Å². The first-order valence-corrected chi connectivity index (χ1v) is 6.78. The number of hydrogen-bond donors (Lipinski definition) is 2. The van der Waals surface area contributed by atoms with Crippen molar-refractivity contribution in [1.82, 2.24) is 10.4 Å². The van der Waals surface area contributed by atoms with Gasteiger partial charge >= 0.3 is 0 Å². The predicted octanol–water partition coefficient (Wildman–Crippen LogP) is 3.12. The normalized spacial score (nSPS) is 11.4. The van der Waals surface area contributed by atoms with Crippen LogP contribution in [0.4, 0.5) is 0 Å². The van der Waals surface area contributed by atoms with E-state index in [0.29, 0.717) is 5.69 Å². The van der Waals surface area contributed by atoms with E-state index in [1.807, 2.05) is 19.1 Å². The van der Waals surface area contributed by atoms with Crippen LogP contribution in [0.2, 0.25) is 0 Å². The number of benzene rings is 1. The highest BCUT2D eigenvalue weighted by molar-refractivity contribution is 6.00. The van der Waals surface area contributed by atoms with Crippen LogP contribution in [0.1, 0.15) is 41.9 Å². The lowest BCUT2D eigenvalue weighted by molar-refractivity contribution is 0.0950. The molecule has 0 atom stereocenters. The van der Waals surface area contributed by atoms with Crippen LogP contribution in [0.25, 0.3) is 0 Å². The molecule has 20 heavy (non-hydrogen) atoms. The topological polar surface area (TPSA) is 57.2 Å². The molecule has 0 aliphatic heterocycles. The number of nitrogens with one attached hydrogen (secondary N) is 2. The molecule has 0 fully saturated rings. The van der Waals surface area contributed by atoms with Crippen molar-refractivity contribution in [3.8, 4) is 0 Å². The summed E-state index contributed by atoms with van der Waals surface area (Å²) in [6.45, 7) is 4.04. The number of amides is 1. The quantitative estimate of drug-likeness (QED) is 0.636. The van der Waals surface area contributed by atoms with Gasteiger partial charge in [-0.3, -0.25) is 4.79 Å². The molecule has 0 aliphatic carbocycles. The lowest BCUT2D eigenvalue weighted by Gasteiger charge is -2.04. The molecule has 0 bridgehead atoms. The summed E-state index contributed by atoms with van der Waals surface area (Å²) in [6.07, 6.45) is 3.93. The summed E-state index contributed by atoms with van der Waals surface area (Å²) in [7, 11) is 0. The Morgan fingerprint density at radius 3 is 2.60 bits per heavy atom. The summed E-state index contributed by atoms with van der Waals surface area (Å²) in [4.78, 5) is 14.6. The first-order chi connectivity index (χ1) is 9.70. The van der Waals surface area contributed by atoms with Crippen LogP contribution in [0.5, 0.6) is 0 Å². The van der Waals surface area contributed by atoms with Gasteiger partial charge in [0.05, 0.1) is 5.71 Å². The highest BCUT2D eigenvalue weighted by atomic mass is 16.2. The molecule has 1 aromatic carbocycles. The molecule has 1 amide bonds. The minimum Gasteiger partial charge on any atom is -0.357 e. The number of carbonyl (C=O) groups is 1. The molecule has 0 unspecified atom stereocenters. The van der Waals surface area contributed by atoms with Crippen LogP contribution in [-0.4, -0.2) is 16.6 Å². The van der Waals surface area contributed by atoms with Crippen molar-refractivity contribution in [2.75, 3.05) is 0 Å². The van der Waals surface area contributed by atoms with Gasteiger partial charge in [-0.1, -0.05) is 37.6 Å². The first kappa shape index (κ1) is 14.1. The lowest BCUT2D eigenvalue weighted by Crippen LogP contribution is -2.19. The third kappa shape index (κ3) is 3.57. The van der Waals surface area contributed by atoms with Gasteiger partial charge in [-0.25, -0.2) is 5.43 Å². The first-order valence-electron chi connectivity index (χ1n) is 6.78. The number of aromatic amines is 1. The highest BCUT2D eigenvalue weighted by Gasteiger charge is 2.04. The van der Waals surface area contributed by atoms with Crippen molar-refractivity contribution in [2.45, 2.75) is 26.7 Å². The molecule has 2 N–H and O–H groups in total. The van der Waals surface area contributed by atoms with Gasteiger partial charge in [0.25, 0.3) is 5.91 Å². The van der Waals surface area contributed by atoms with Crippen molar-refractivity contribution in [2.24, 2.45) is 5.10 Å². The number of nitrogens with zero attached hydrogens (tertiary/aromatic N) is 1. The number of H-pyrrole nitrogens is 1. The van der Waals surface area contributed by atoms with E-state index in [2.05, 4.69) is 34.6 Å². The number of hydrazone groups is 1. The van der Waals surface area contributed by atoms with Gasteiger partial charge in [-0.2, -0.15) is 5.10 Å². The second-order valence-corrected chi connectivity index (χ2v) is 4.67. The monoisotopic (exact) mass is 269 g/mol. The molecular weight excluding hydrogens is 250 g/mol. The molecule has 0 spiro atoms. The third-order valence-electron chi connectivity index (χ3n) is 3.08. The Labute approximate surface area is 118 Å². The fraction of sp³-hybridized carbons (Fsp3) is 0.250. The molecule has 0 saturated heterocycles. The largest absolute Gasteiger partial charge is 0.357 e. The summed E-state index contributed by atoms with van der Waals surface area (Å²) in [6, 6.07) is 11.8. The maximum atomic E-state index is 11.7. The minimum absolute atomic E-state index is 0.239. The van der Waals surface area contributed by atoms with Gasteiger partial charge < -0.3 is 4.98 Å². The fourth-order valence-electron chi connectivity index (χ4n) is 1.93. The highest BCUT2D eigenvalue weighted by Crippen LogP contribution is 2.07. The minimum atomic E-state index is -0.239. The van der Waals surface area contributed by atoms with Gasteiger partial charge in [0.1, 0.15) is 5.69 Å². The van der Waals surface area contributed by atoms with E-state index in [-0.39, 0.29) is 5.91 Å². The van der Waals surface area contributed by atoms with Gasteiger partial charge in [0.15, 0.2) is 0 Å². The molecule has 4 nitrogen and oxygen atoms in total. The van der Waals surface area contributed by atoms with Gasteiger partial charge in [-0.15, -0.1) is 0 Å². The second kappa shape index (κ2) is 6.70. The van der Waals surface area contributed by atoms with Crippen LogP contribution >= 0.6 is 0 Å². The van der Waals surface area contributed by atoms with Gasteiger partial charge in [-0.05, 0) is 36.6 Å².